The molecule has 0 aliphatic carbocycles. The summed E-state index contributed by atoms with van der Waals surface area (Å²) in [5.74, 6) is -2.17. The SMILES string of the molecule is O=C(Nc1c(Cl)ccc2c(=O)occc12)C(F)(F)F. The van der Waals surface area contributed by atoms with Crippen LogP contribution < -0.4 is 10.9 Å². The number of nitrogens with one attached hydrogen (secondary N) is 1. The van der Waals surface area contributed by atoms with Gasteiger partial charge < -0.3 is 9.73 Å². The highest BCUT2D eigenvalue weighted by Gasteiger charge is 2.39. The standard InChI is InChI=1S/C11H5ClF3NO3/c12-7-2-1-6-5(3-4-19-9(6)17)8(7)16-10(18)11(13,14)15/h1-4H,(H,16,18). The van der Waals surface area contributed by atoms with Crippen molar-refractivity contribution in [2.75, 3.05) is 5.32 Å². The van der Waals surface area contributed by atoms with Gasteiger partial charge in [-0.1, -0.05) is 11.6 Å². The Bertz CT molecular complexity index is 708. The highest BCUT2D eigenvalue weighted by Crippen LogP contribution is 2.31. The number of anilines is 1. The molecule has 4 nitrogen and oxygen atoms in total. The molecule has 2 rings (SSSR count). The second-order valence-electron chi connectivity index (χ2n) is 3.54. The molecule has 0 saturated heterocycles. The van der Waals surface area contributed by atoms with Gasteiger partial charge >= 0.3 is 17.7 Å². The molecule has 0 saturated carbocycles. The van der Waals surface area contributed by atoms with Crippen LogP contribution in [-0.4, -0.2) is 12.1 Å². The minimum atomic E-state index is -5.05. The van der Waals surface area contributed by atoms with Gasteiger partial charge in [-0.05, 0) is 18.2 Å². The Morgan fingerprint density at radius 1 is 1.21 bits per heavy atom. The molecule has 0 atom stereocenters. The first-order valence-corrected chi connectivity index (χ1v) is 5.26. The number of amides is 1. The van der Waals surface area contributed by atoms with Gasteiger partial charge in [-0.15, -0.1) is 0 Å². The van der Waals surface area contributed by atoms with Gasteiger partial charge in [0.1, 0.15) is 0 Å². The Labute approximate surface area is 108 Å². The second kappa shape index (κ2) is 4.58. The van der Waals surface area contributed by atoms with Gasteiger partial charge in [0, 0.05) is 5.39 Å². The monoisotopic (exact) mass is 291 g/mol. The molecule has 0 aliphatic rings. The largest absolute Gasteiger partial charge is 0.471 e. The van der Waals surface area contributed by atoms with Crippen LogP contribution in [0.2, 0.25) is 5.02 Å². The topological polar surface area (TPSA) is 59.3 Å². The lowest BCUT2D eigenvalue weighted by Gasteiger charge is -2.11. The fraction of sp³-hybridized carbons (Fsp3) is 0.0909. The number of benzene rings is 1. The van der Waals surface area contributed by atoms with Gasteiger partial charge in [0.2, 0.25) is 0 Å². The Balaban J connectivity index is 2.60. The summed E-state index contributed by atoms with van der Waals surface area (Å²) in [7, 11) is 0. The van der Waals surface area contributed by atoms with Crippen molar-refractivity contribution in [2.24, 2.45) is 0 Å². The van der Waals surface area contributed by atoms with E-state index in [4.69, 9.17) is 11.6 Å². The maximum absolute atomic E-state index is 12.2. The van der Waals surface area contributed by atoms with E-state index in [0.717, 1.165) is 6.26 Å². The van der Waals surface area contributed by atoms with Crippen LogP contribution in [0.4, 0.5) is 18.9 Å². The first-order valence-electron chi connectivity index (χ1n) is 4.89. The minimum absolute atomic E-state index is 0.0179. The van der Waals surface area contributed by atoms with Crippen molar-refractivity contribution in [3.05, 3.63) is 39.9 Å². The van der Waals surface area contributed by atoms with E-state index >= 15 is 0 Å². The number of carbonyl (C=O) groups is 1. The molecule has 2 aromatic rings. The van der Waals surface area contributed by atoms with Crippen molar-refractivity contribution in [1.29, 1.82) is 0 Å². The van der Waals surface area contributed by atoms with E-state index in [0.29, 0.717) is 0 Å². The van der Waals surface area contributed by atoms with E-state index in [-0.39, 0.29) is 21.5 Å². The molecule has 8 heteroatoms. The summed E-state index contributed by atoms with van der Waals surface area (Å²) in [5, 5.41) is 1.62. The minimum Gasteiger partial charge on any atom is -0.431 e. The number of rotatable bonds is 1. The average Bonchev–Trinajstić information content (AvgIpc) is 2.31. The van der Waals surface area contributed by atoms with E-state index in [1.807, 2.05) is 0 Å². The number of hydrogen-bond acceptors (Lipinski definition) is 3. The maximum Gasteiger partial charge on any atom is 0.471 e. The Morgan fingerprint density at radius 3 is 2.53 bits per heavy atom. The summed E-state index contributed by atoms with van der Waals surface area (Å²) in [5.41, 5.74) is -1.02. The summed E-state index contributed by atoms with van der Waals surface area (Å²) in [4.78, 5) is 22.3. The van der Waals surface area contributed by atoms with Gasteiger partial charge in [0.15, 0.2) is 0 Å². The molecule has 0 bridgehead atoms. The number of hydrogen-bond donors (Lipinski definition) is 1. The van der Waals surface area contributed by atoms with Crippen LogP contribution in [0, 0.1) is 0 Å². The van der Waals surface area contributed by atoms with Gasteiger partial charge in [0.05, 0.1) is 22.4 Å². The number of alkyl halides is 3. The highest BCUT2D eigenvalue weighted by atomic mass is 35.5. The van der Waals surface area contributed by atoms with Gasteiger partial charge in [-0.2, -0.15) is 13.2 Å². The van der Waals surface area contributed by atoms with Gasteiger partial charge in [-0.25, -0.2) is 4.79 Å². The molecule has 0 spiro atoms. The van der Waals surface area contributed by atoms with Crippen molar-refractivity contribution < 1.29 is 22.4 Å². The van der Waals surface area contributed by atoms with Crippen LogP contribution in [0.25, 0.3) is 10.8 Å². The van der Waals surface area contributed by atoms with E-state index in [9.17, 15) is 22.8 Å². The predicted molar refractivity (Wildman–Crippen MR) is 62.2 cm³/mol. The molecular weight excluding hydrogens is 287 g/mol. The van der Waals surface area contributed by atoms with Crippen molar-refractivity contribution in [2.45, 2.75) is 6.18 Å². The molecule has 0 radical (unpaired) electrons. The lowest BCUT2D eigenvalue weighted by atomic mass is 10.1. The van der Waals surface area contributed by atoms with Gasteiger partial charge in [0.25, 0.3) is 0 Å². The zero-order valence-electron chi connectivity index (χ0n) is 9.05. The van der Waals surface area contributed by atoms with Crippen molar-refractivity contribution in [3.63, 3.8) is 0 Å². The third-order valence-electron chi connectivity index (χ3n) is 2.32. The molecule has 1 N–H and O–H groups in total. The van der Waals surface area contributed by atoms with E-state index in [1.54, 1.807) is 5.32 Å². The maximum atomic E-state index is 12.2. The zero-order chi connectivity index (χ0) is 14.2. The quantitative estimate of drug-likeness (QED) is 0.879. The molecule has 19 heavy (non-hydrogen) atoms. The highest BCUT2D eigenvalue weighted by molar-refractivity contribution is 6.35. The fourth-order valence-electron chi connectivity index (χ4n) is 1.48. The molecule has 100 valence electrons. The van der Waals surface area contributed by atoms with Crippen molar-refractivity contribution in [1.82, 2.24) is 0 Å². The Morgan fingerprint density at radius 2 is 1.89 bits per heavy atom. The molecule has 1 amide bonds. The molecule has 1 aromatic carbocycles. The lowest BCUT2D eigenvalue weighted by Crippen LogP contribution is -2.30. The zero-order valence-corrected chi connectivity index (χ0v) is 9.80. The Kier molecular flexibility index (Phi) is 3.23. The lowest BCUT2D eigenvalue weighted by molar-refractivity contribution is -0.167. The molecule has 1 heterocycles. The first-order chi connectivity index (χ1) is 8.80. The summed E-state index contributed by atoms with van der Waals surface area (Å²) in [6, 6.07) is 3.74. The molecule has 0 unspecified atom stereocenters. The number of halogens is 4. The van der Waals surface area contributed by atoms with Crippen LogP contribution >= 0.6 is 11.6 Å². The third-order valence-corrected chi connectivity index (χ3v) is 2.64. The van der Waals surface area contributed by atoms with E-state index in [2.05, 4.69) is 4.42 Å². The predicted octanol–water partition coefficient (Wildman–Crippen LogP) is 2.95. The van der Waals surface area contributed by atoms with E-state index in [1.165, 1.54) is 18.2 Å². The molecule has 1 aromatic heterocycles. The van der Waals surface area contributed by atoms with Crippen LogP contribution in [0.15, 0.2) is 33.7 Å². The van der Waals surface area contributed by atoms with E-state index < -0.39 is 17.7 Å². The van der Waals surface area contributed by atoms with Crippen LogP contribution in [0.3, 0.4) is 0 Å². The second-order valence-corrected chi connectivity index (χ2v) is 3.95. The first kappa shape index (κ1) is 13.4. The smallest absolute Gasteiger partial charge is 0.431 e. The van der Waals surface area contributed by atoms with Gasteiger partial charge in [-0.3, -0.25) is 4.79 Å². The summed E-state index contributed by atoms with van der Waals surface area (Å²) >= 11 is 5.74. The molecule has 0 aliphatic heterocycles. The van der Waals surface area contributed by atoms with Crippen LogP contribution in [0.1, 0.15) is 0 Å². The molecular formula is C11H5ClF3NO3. The number of carbonyl (C=O) groups excluding carboxylic acids is 1. The number of fused-ring (bicyclic) bond motifs is 1. The summed E-state index contributed by atoms with van der Waals surface area (Å²) in [6.45, 7) is 0. The van der Waals surface area contributed by atoms with Crippen LogP contribution in [-0.2, 0) is 4.79 Å². The summed E-state index contributed by atoms with van der Waals surface area (Å²) < 4.78 is 41.2. The third kappa shape index (κ3) is 2.55. The Hall–Kier alpha value is -2.02. The molecule has 0 fully saturated rings. The fourth-order valence-corrected chi connectivity index (χ4v) is 1.69. The van der Waals surface area contributed by atoms with Crippen molar-refractivity contribution in [3.8, 4) is 0 Å². The average molecular weight is 292 g/mol. The van der Waals surface area contributed by atoms with Crippen LogP contribution in [0.5, 0.6) is 0 Å². The normalized spacial score (nSPS) is 11.6. The summed E-state index contributed by atoms with van der Waals surface area (Å²) in [6.07, 6.45) is -4.05. The van der Waals surface area contributed by atoms with Crippen molar-refractivity contribution >= 4 is 34.0 Å².